The van der Waals surface area contributed by atoms with Gasteiger partial charge in [0.1, 0.15) is 0 Å². The van der Waals surface area contributed by atoms with E-state index in [4.69, 9.17) is 0 Å². The highest BCUT2D eigenvalue weighted by atomic mass is 16.1. The van der Waals surface area contributed by atoms with E-state index in [0.29, 0.717) is 24.0 Å². The molecule has 0 amide bonds. The highest BCUT2D eigenvalue weighted by molar-refractivity contribution is 6.20. The summed E-state index contributed by atoms with van der Waals surface area (Å²) in [6, 6.07) is 15.7. The summed E-state index contributed by atoms with van der Waals surface area (Å²) in [7, 11) is 0. The summed E-state index contributed by atoms with van der Waals surface area (Å²) in [6.45, 7) is 0. The second-order valence-corrected chi connectivity index (χ2v) is 5.71. The smallest absolute Gasteiger partial charge is 0.168 e. The number of hydrogen-bond acceptors (Lipinski definition) is 2. The Hall–Kier alpha value is -2.74. The Morgan fingerprint density at radius 1 is 0.591 bits per heavy atom. The van der Waals surface area contributed by atoms with Crippen LogP contribution in [0.3, 0.4) is 0 Å². The van der Waals surface area contributed by atoms with Gasteiger partial charge in [-0.25, -0.2) is 0 Å². The van der Waals surface area contributed by atoms with Crippen molar-refractivity contribution in [2.45, 2.75) is 12.8 Å². The molecule has 0 unspecified atom stereocenters. The minimum Gasteiger partial charge on any atom is -0.294 e. The van der Waals surface area contributed by atoms with Crippen LogP contribution in [0.1, 0.15) is 22.3 Å². The number of hydrogen-bond donors (Lipinski definition) is 0. The first-order chi connectivity index (χ1) is 10.7. The number of rotatable bonds is 1. The average molecular weight is 286 g/mol. The first-order valence-electron chi connectivity index (χ1n) is 7.38. The molecule has 4 rings (SSSR count). The number of carbonyl (C=O) groups is 2. The Labute approximate surface area is 128 Å². The molecular weight excluding hydrogens is 272 g/mol. The van der Waals surface area contributed by atoms with Gasteiger partial charge in [-0.15, -0.1) is 0 Å². The highest BCUT2D eigenvalue weighted by Gasteiger charge is 2.27. The van der Waals surface area contributed by atoms with E-state index in [-0.39, 0.29) is 11.6 Å². The molecule has 2 heteroatoms. The lowest BCUT2D eigenvalue weighted by Crippen LogP contribution is -2.21. The molecule has 0 fully saturated rings. The van der Waals surface area contributed by atoms with Crippen molar-refractivity contribution in [2.24, 2.45) is 0 Å². The summed E-state index contributed by atoms with van der Waals surface area (Å²) in [4.78, 5) is 24.9. The zero-order valence-electron chi connectivity index (χ0n) is 12.0. The zero-order chi connectivity index (χ0) is 15.1. The fraction of sp³-hybridized carbons (Fsp3) is 0.100. The van der Waals surface area contributed by atoms with Crippen molar-refractivity contribution in [3.63, 3.8) is 0 Å². The molecule has 0 atom stereocenters. The molecule has 2 aromatic carbocycles. The maximum Gasteiger partial charge on any atom is 0.168 e. The Morgan fingerprint density at radius 3 is 1.45 bits per heavy atom. The van der Waals surface area contributed by atoms with Crippen molar-refractivity contribution in [3.05, 3.63) is 81.9 Å². The molecule has 0 saturated heterocycles. The molecule has 0 radical (unpaired) electrons. The molecule has 22 heavy (non-hydrogen) atoms. The second-order valence-electron chi connectivity index (χ2n) is 5.71. The van der Waals surface area contributed by atoms with E-state index in [9.17, 15) is 9.59 Å². The van der Waals surface area contributed by atoms with Gasteiger partial charge in [-0.05, 0) is 34.4 Å². The quantitative estimate of drug-likeness (QED) is 0.805. The molecule has 0 spiro atoms. The first-order valence-corrected chi connectivity index (χ1v) is 7.38. The summed E-state index contributed by atoms with van der Waals surface area (Å²) in [5.74, 6) is 0.0513. The largest absolute Gasteiger partial charge is 0.294 e. The maximum atomic E-state index is 12.5. The van der Waals surface area contributed by atoms with Crippen molar-refractivity contribution >= 4 is 23.7 Å². The van der Waals surface area contributed by atoms with Gasteiger partial charge in [0, 0.05) is 24.0 Å². The van der Waals surface area contributed by atoms with Crippen molar-refractivity contribution in [3.8, 4) is 0 Å². The molecule has 0 aromatic heterocycles. The number of fused-ring (bicyclic) bond motifs is 2. The number of benzene rings is 2. The lowest BCUT2D eigenvalue weighted by Gasteiger charge is -2.20. The monoisotopic (exact) mass is 286 g/mol. The molecule has 0 heterocycles. The molecular formula is C20H14O2. The Bertz CT molecular complexity index is 795. The van der Waals surface area contributed by atoms with Crippen LogP contribution in [0.25, 0.3) is 12.2 Å². The Balaban J connectivity index is 1.85. The number of ketones is 2. The predicted octanol–water partition coefficient (Wildman–Crippen LogP) is 3.40. The minimum absolute atomic E-state index is 0.0256. The standard InChI is InChI=1S/C20H14O2/c21-19-11-15-7-3-1-5-13(15)9-17(19)18-10-14-6-2-4-8-16(14)12-20(18)22/h1-10H,11-12H2. The summed E-state index contributed by atoms with van der Waals surface area (Å²) < 4.78 is 0. The normalized spacial score (nSPS) is 16.5. The van der Waals surface area contributed by atoms with Gasteiger partial charge in [0.25, 0.3) is 0 Å². The van der Waals surface area contributed by atoms with Crippen LogP contribution in [-0.2, 0) is 22.4 Å². The molecule has 2 aromatic rings. The van der Waals surface area contributed by atoms with Crippen LogP contribution in [0.4, 0.5) is 0 Å². The predicted molar refractivity (Wildman–Crippen MR) is 86.3 cm³/mol. The third-order valence-electron chi connectivity index (χ3n) is 4.30. The fourth-order valence-electron chi connectivity index (χ4n) is 3.14. The van der Waals surface area contributed by atoms with E-state index in [2.05, 4.69) is 0 Å². The molecule has 2 aliphatic rings. The van der Waals surface area contributed by atoms with E-state index in [1.54, 1.807) is 0 Å². The van der Waals surface area contributed by atoms with E-state index < -0.39 is 0 Å². The lowest BCUT2D eigenvalue weighted by atomic mass is 9.81. The van der Waals surface area contributed by atoms with Gasteiger partial charge in [0.05, 0.1) is 0 Å². The van der Waals surface area contributed by atoms with Gasteiger partial charge in [-0.1, -0.05) is 48.5 Å². The maximum absolute atomic E-state index is 12.5. The van der Waals surface area contributed by atoms with E-state index in [1.807, 2.05) is 60.7 Å². The number of carbonyl (C=O) groups excluding carboxylic acids is 2. The highest BCUT2D eigenvalue weighted by Crippen LogP contribution is 2.31. The third kappa shape index (κ3) is 2.04. The van der Waals surface area contributed by atoms with Crippen LogP contribution in [0.5, 0.6) is 0 Å². The van der Waals surface area contributed by atoms with Crippen molar-refractivity contribution in [1.29, 1.82) is 0 Å². The molecule has 2 nitrogen and oxygen atoms in total. The van der Waals surface area contributed by atoms with Gasteiger partial charge >= 0.3 is 0 Å². The van der Waals surface area contributed by atoms with Gasteiger partial charge < -0.3 is 0 Å². The van der Waals surface area contributed by atoms with Crippen LogP contribution < -0.4 is 0 Å². The third-order valence-corrected chi connectivity index (χ3v) is 4.30. The van der Waals surface area contributed by atoms with E-state index >= 15 is 0 Å². The van der Waals surface area contributed by atoms with Crippen molar-refractivity contribution in [2.75, 3.05) is 0 Å². The zero-order valence-corrected chi connectivity index (χ0v) is 12.0. The average Bonchev–Trinajstić information content (AvgIpc) is 2.54. The fourth-order valence-corrected chi connectivity index (χ4v) is 3.14. The number of Topliss-reactive ketones (excluding diaryl/α,β-unsaturated/α-hetero) is 2. The Kier molecular flexibility index (Phi) is 2.90. The van der Waals surface area contributed by atoms with Gasteiger partial charge in [-0.3, -0.25) is 9.59 Å². The molecule has 2 aliphatic carbocycles. The summed E-state index contributed by atoms with van der Waals surface area (Å²) in [5, 5.41) is 0. The van der Waals surface area contributed by atoms with Gasteiger partial charge in [0.2, 0.25) is 0 Å². The minimum atomic E-state index is 0.0256. The second kappa shape index (κ2) is 4.92. The molecule has 106 valence electrons. The SMILES string of the molecule is O=C1Cc2ccccc2C=C1C1=Cc2ccccc2CC1=O. The molecule has 0 bridgehead atoms. The van der Waals surface area contributed by atoms with E-state index in [0.717, 1.165) is 22.3 Å². The molecule has 0 aliphatic heterocycles. The summed E-state index contributed by atoms with van der Waals surface area (Å²) >= 11 is 0. The van der Waals surface area contributed by atoms with Crippen molar-refractivity contribution < 1.29 is 9.59 Å². The summed E-state index contributed by atoms with van der Waals surface area (Å²) in [5.41, 5.74) is 5.23. The van der Waals surface area contributed by atoms with E-state index in [1.165, 1.54) is 0 Å². The Morgan fingerprint density at radius 2 is 1.00 bits per heavy atom. The van der Waals surface area contributed by atoms with Crippen LogP contribution in [0, 0.1) is 0 Å². The summed E-state index contributed by atoms with van der Waals surface area (Å²) in [6.07, 6.45) is 4.46. The first kappa shape index (κ1) is 13.0. The number of allylic oxidation sites excluding steroid dienone is 2. The topological polar surface area (TPSA) is 34.1 Å². The van der Waals surface area contributed by atoms with Crippen molar-refractivity contribution in [1.82, 2.24) is 0 Å². The molecule has 0 saturated carbocycles. The van der Waals surface area contributed by atoms with Crippen LogP contribution in [0.2, 0.25) is 0 Å². The van der Waals surface area contributed by atoms with Crippen LogP contribution in [0.15, 0.2) is 59.7 Å². The molecule has 0 N–H and O–H groups in total. The lowest BCUT2D eigenvalue weighted by molar-refractivity contribution is -0.117. The van der Waals surface area contributed by atoms with Gasteiger partial charge in [0.15, 0.2) is 11.6 Å². The van der Waals surface area contributed by atoms with Crippen LogP contribution in [-0.4, -0.2) is 11.6 Å². The van der Waals surface area contributed by atoms with Gasteiger partial charge in [-0.2, -0.15) is 0 Å². The van der Waals surface area contributed by atoms with Crippen LogP contribution >= 0.6 is 0 Å².